The Labute approximate surface area is 141 Å². The van der Waals surface area contributed by atoms with E-state index in [1.807, 2.05) is 19.1 Å². The fourth-order valence-electron chi connectivity index (χ4n) is 2.08. The molecule has 0 aliphatic heterocycles. The van der Waals surface area contributed by atoms with Crippen LogP contribution in [0.15, 0.2) is 12.1 Å². The maximum Gasteiger partial charge on any atom is 0.302 e. The Morgan fingerprint density at radius 1 is 1.00 bits per heavy atom. The van der Waals surface area contributed by atoms with Gasteiger partial charge in [0.2, 0.25) is 0 Å². The summed E-state index contributed by atoms with van der Waals surface area (Å²) in [5.41, 5.74) is 8.27. The Bertz CT molecular complexity index is 579. The summed E-state index contributed by atoms with van der Waals surface area (Å²) in [6.45, 7) is 6.51. The first-order chi connectivity index (χ1) is 11.1. The second kappa shape index (κ2) is 11.2. The topological polar surface area (TPSA) is 120 Å². The summed E-state index contributed by atoms with van der Waals surface area (Å²) in [6.07, 6.45) is 1.32. The zero-order valence-corrected chi connectivity index (χ0v) is 14.6. The van der Waals surface area contributed by atoms with Gasteiger partial charge in [0.15, 0.2) is 0 Å². The molecular formula is C17H25NO6. The van der Waals surface area contributed by atoms with E-state index in [2.05, 4.69) is 5.73 Å². The van der Waals surface area contributed by atoms with Crippen molar-refractivity contribution in [3.05, 3.63) is 28.8 Å². The van der Waals surface area contributed by atoms with Gasteiger partial charge in [-0.2, -0.15) is 0 Å². The quantitative estimate of drug-likeness (QED) is 0.719. The van der Waals surface area contributed by atoms with E-state index in [9.17, 15) is 9.59 Å². The summed E-state index contributed by atoms with van der Waals surface area (Å²) in [5, 5.41) is 8.89. The van der Waals surface area contributed by atoms with Crippen molar-refractivity contribution in [2.24, 2.45) is 0 Å². The third kappa shape index (κ3) is 9.58. The molecule has 7 nitrogen and oxygen atoms in total. The third-order valence-corrected chi connectivity index (χ3v) is 3.14. The van der Waals surface area contributed by atoms with E-state index in [4.69, 9.17) is 19.4 Å². The Hall–Kier alpha value is -2.41. The molecule has 0 saturated carbocycles. The second-order valence-corrected chi connectivity index (χ2v) is 5.16. The van der Waals surface area contributed by atoms with Gasteiger partial charge in [-0.05, 0) is 31.0 Å². The maximum atomic E-state index is 10.8. The maximum absolute atomic E-state index is 10.8. The predicted molar refractivity (Wildman–Crippen MR) is 85.1 cm³/mol. The van der Waals surface area contributed by atoms with Crippen molar-refractivity contribution < 1.29 is 34.7 Å². The molecule has 0 unspecified atom stereocenters. The van der Waals surface area contributed by atoms with Gasteiger partial charge in [-0.15, -0.1) is 0 Å². The van der Waals surface area contributed by atoms with Crippen LogP contribution in [0.2, 0.25) is 0 Å². The van der Waals surface area contributed by atoms with Crippen molar-refractivity contribution >= 4 is 23.6 Å². The monoisotopic (exact) mass is 339 g/mol. The fourth-order valence-corrected chi connectivity index (χ4v) is 2.08. The lowest BCUT2D eigenvalue weighted by molar-refractivity contribution is -0.302. The number of ether oxygens (including phenoxy) is 2. The standard InChI is InChI=1S/C15H21NO4.C2H4O2/c1-10-13(6-8-19-11(2)17)4-5-15(16)14(10)7-9-20-12(3)18;1-2(3)4/h4-5H,6-9,16H2,1-3H3;1H3,(H,3,4). The summed E-state index contributed by atoms with van der Waals surface area (Å²) in [7, 11) is 0. The minimum Gasteiger partial charge on any atom is -0.550 e. The summed E-state index contributed by atoms with van der Waals surface area (Å²) < 4.78 is 9.93. The Kier molecular flexibility index (Phi) is 10.1. The van der Waals surface area contributed by atoms with E-state index in [0.29, 0.717) is 26.1 Å². The molecule has 7 heteroatoms. The number of esters is 2. The molecule has 1 aromatic carbocycles. The van der Waals surface area contributed by atoms with Gasteiger partial charge in [-0.1, -0.05) is 6.07 Å². The number of carboxylic acid groups (broad SMARTS) is 1. The zero-order chi connectivity index (χ0) is 18.7. The molecular weight excluding hydrogens is 314 g/mol. The van der Waals surface area contributed by atoms with Crippen LogP contribution in [0.1, 0.15) is 37.5 Å². The summed E-state index contributed by atoms with van der Waals surface area (Å²) >= 11 is 0. The molecule has 0 radical (unpaired) electrons. The largest absolute Gasteiger partial charge is 0.550 e. The number of carbonyl (C=O) groups excluding carboxylic acids is 3. The molecule has 0 amide bonds. The van der Waals surface area contributed by atoms with Crippen molar-refractivity contribution in [3.63, 3.8) is 0 Å². The van der Waals surface area contributed by atoms with Crippen LogP contribution in [0.3, 0.4) is 0 Å². The van der Waals surface area contributed by atoms with Crippen LogP contribution in [0.5, 0.6) is 0 Å². The number of quaternary nitrogens is 1. The Morgan fingerprint density at radius 2 is 1.46 bits per heavy atom. The molecule has 1 rings (SSSR count). The molecule has 3 N–H and O–H groups in total. The predicted octanol–water partition coefficient (Wildman–Crippen LogP) is -0.164. The molecule has 0 aliphatic rings. The van der Waals surface area contributed by atoms with Crippen LogP contribution in [0.25, 0.3) is 0 Å². The lowest BCUT2D eigenvalue weighted by atomic mass is 9.97. The van der Waals surface area contributed by atoms with Crippen LogP contribution in [-0.2, 0) is 36.7 Å². The summed E-state index contributed by atoms with van der Waals surface area (Å²) in [4.78, 5) is 30.4. The third-order valence-electron chi connectivity index (χ3n) is 3.14. The van der Waals surface area contributed by atoms with E-state index in [1.54, 1.807) is 0 Å². The highest BCUT2D eigenvalue weighted by atomic mass is 16.5. The molecule has 0 saturated heterocycles. The zero-order valence-electron chi connectivity index (χ0n) is 14.6. The van der Waals surface area contributed by atoms with Gasteiger partial charge in [0.05, 0.1) is 13.2 Å². The van der Waals surface area contributed by atoms with E-state index in [0.717, 1.165) is 29.3 Å². The van der Waals surface area contributed by atoms with E-state index in [-0.39, 0.29) is 11.9 Å². The van der Waals surface area contributed by atoms with Crippen molar-refractivity contribution in [3.8, 4) is 0 Å². The first-order valence-electron chi connectivity index (χ1n) is 7.52. The molecule has 134 valence electrons. The minimum absolute atomic E-state index is 0.272. The van der Waals surface area contributed by atoms with Crippen LogP contribution >= 0.6 is 0 Å². The summed E-state index contributed by atoms with van der Waals surface area (Å²) in [6, 6.07) is 3.94. The smallest absolute Gasteiger partial charge is 0.302 e. The number of carboxylic acids is 1. The van der Waals surface area contributed by atoms with E-state index >= 15 is 0 Å². The lowest BCUT2D eigenvalue weighted by Crippen LogP contribution is -2.42. The number of carbonyl (C=O) groups is 3. The molecule has 0 fully saturated rings. The number of rotatable bonds is 6. The highest BCUT2D eigenvalue weighted by molar-refractivity contribution is 5.66. The molecule has 0 heterocycles. The Morgan fingerprint density at radius 3 is 1.92 bits per heavy atom. The second-order valence-electron chi connectivity index (χ2n) is 5.16. The molecule has 1 aromatic rings. The first kappa shape index (κ1) is 21.6. The average Bonchev–Trinajstić information content (AvgIpc) is 2.43. The van der Waals surface area contributed by atoms with Crippen LogP contribution in [0.4, 0.5) is 5.69 Å². The summed E-state index contributed by atoms with van der Waals surface area (Å²) in [5.74, 6) is -1.63. The van der Waals surface area contributed by atoms with Crippen molar-refractivity contribution in [1.82, 2.24) is 0 Å². The first-order valence-corrected chi connectivity index (χ1v) is 7.52. The fraction of sp³-hybridized carbons (Fsp3) is 0.471. The van der Waals surface area contributed by atoms with E-state index < -0.39 is 5.97 Å². The van der Waals surface area contributed by atoms with Crippen molar-refractivity contribution in [2.45, 2.75) is 40.5 Å². The van der Waals surface area contributed by atoms with Gasteiger partial charge in [-0.3, -0.25) is 9.59 Å². The number of aliphatic carboxylic acids is 1. The molecule has 0 aromatic heterocycles. The van der Waals surface area contributed by atoms with Gasteiger partial charge >= 0.3 is 11.9 Å². The van der Waals surface area contributed by atoms with Crippen LogP contribution in [0, 0.1) is 6.92 Å². The van der Waals surface area contributed by atoms with Crippen LogP contribution < -0.4 is 10.8 Å². The van der Waals surface area contributed by atoms with Gasteiger partial charge in [-0.25, -0.2) is 0 Å². The lowest BCUT2D eigenvalue weighted by Gasteiger charge is -2.12. The van der Waals surface area contributed by atoms with Crippen molar-refractivity contribution in [1.29, 1.82) is 0 Å². The van der Waals surface area contributed by atoms with Gasteiger partial charge in [0, 0.05) is 38.2 Å². The minimum atomic E-state index is -1.08. The number of benzene rings is 1. The van der Waals surface area contributed by atoms with Gasteiger partial charge < -0.3 is 25.1 Å². The van der Waals surface area contributed by atoms with Gasteiger partial charge in [0.1, 0.15) is 5.69 Å². The van der Waals surface area contributed by atoms with Crippen molar-refractivity contribution in [2.75, 3.05) is 13.2 Å². The molecule has 0 bridgehead atoms. The number of hydrogen-bond donors (Lipinski definition) is 1. The molecule has 0 aliphatic carbocycles. The average molecular weight is 339 g/mol. The van der Waals surface area contributed by atoms with Gasteiger partial charge in [0.25, 0.3) is 0 Å². The Balaban J connectivity index is 0.00000118. The highest BCUT2D eigenvalue weighted by Crippen LogP contribution is 2.21. The molecule has 24 heavy (non-hydrogen) atoms. The highest BCUT2D eigenvalue weighted by Gasteiger charge is 2.11. The molecule has 0 spiro atoms. The van der Waals surface area contributed by atoms with E-state index in [1.165, 1.54) is 13.8 Å². The van der Waals surface area contributed by atoms with Crippen LogP contribution in [-0.4, -0.2) is 31.1 Å². The number of hydrogen-bond acceptors (Lipinski definition) is 6. The molecule has 0 atom stereocenters. The normalized spacial score (nSPS) is 9.54. The SMILES string of the molecule is CC(=O)OCCc1ccc([NH3+])c(CCOC(C)=O)c1C.CC(=O)[O-].